The molecule has 6 aliphatic rings. The average molecular weight is 1960 g/mol. The number of nitrogens with zero attached hydrogens (tertiary/aromatic N) is 18. The van der Waals surface area contributed by atoms with Crippen molar-refractivity contribution in [3.05, 3.63) is 278 Å². The molecule has 0 aromatic heterocycles. The normalized spacial score (nSPS) is 30.6. The van der Waals surface area contributed by atoms with Crippen molar-refractivity contribution >= 4 is 35.8 Å². The van der Waals surface area contributed by atoms with Crippen LogP contribution in [-0.4, -0.2) is 274 Å². The highest BCUT2D eigenvalue weighted by Gasteiger charge is 2.62. The topological polar surface area (TPSA) is 626 Å². The van der Waals surface area contributed by atoms with Crippen molar-refractivity contribution in [2.24, 2.45) is 30.7 Å². The molecule has 0 saturated carbocycles. The number of hydrogen-bond donors (Lipinski definition) is 0. The molecule has 6 aromatic rings. The highest BCUT2D eigenvalue weighted by Crippen LogP contribution is 2.44. The molecule has 6 heterocycles. The monoisotopic (exact) mass is 1960 g/mol. The van der Waals surface area contributed by atoms with Gasteiger partial charge in [0, 0.05) is 85.2 Å². The molecule has 0 spiro atoms. The summed E-state index contributed by atoms with van der Waals surface area (Å²) in [7, 11) is 2.55. The number of ether oxygens (including phenoxy) is 25. The molecule has 6 saturated heterocycles. The van der Waals surface area contributed by atoms with Crippen molar-refractivity contribution in [3.8, 4) is 0 Å². The summed E-state index contributed by atoms with van der Waals surface area (Å²) in [6.07, 6.45) is -41.8. The molecule has 0 aliphatic carbocycles. The summed E-state index contributed by atoms with van der Waals surface area (Å²) in [4.78, 5) is 101. The molecule has 49 nitrogen and oxygen atoms in total. The summed E-state index contributed by atoms with van der Waals surface area (Å²) in [6.45, 7) is 2.76. The van der Waals surface area contributed by atoms with Gasteiger partial charge in [0.15, 0.2) is 37.7 Å². The predicted molar refractivity (Wildman–Crippen MR) is 482 cm³/mol. The summed E-state index contributed by atoms with van der Waals surface area (Å²) in [5.74, 6) is -5.93. The highest BCUT2D eigenvalue weighted by atomic mass is 16.8. The van der Waals surface area contributed by atoms with Crippen LogP contribution in [0.15, 0.2) is 213 Å². The molecule has 141 heavy (non-hydrogen) atoms. The van der Waals surface area contributed by atoms with E-state index >= 15 is 0 Å². The largest absolute Gasteiger partial charge is 0.459 e. The third-order valence-electron chi connectivity index (χ3n) is 22.9. The molecule has 6 aromatic carbocycles. The van der Waals surface area contributed by atoms with Crippen LogP contribution in [0.4, 0.5) is 0 Å². The number of esters is 6. The number of azide groups is 6. The minimum absolute atomic E-state index is 0.00264. The average Bonchev–Trinajstić information content (AvgIpc) is 0.776. The standard InChI is InChI=1S/C92H108N18O31/c1-51(111)125-81-70(100-106-94)88(132-63(75(81)117-7)45-119-39-57-27-15-9-16-28-57)138-77-65(47-121-41-59-31-19-11-20-32-59)134-90(72(102-108-96)83(77)127-53(3)113)140-79-67(49-123-43-61-35-23-13-24-36-61)136-92(74(104-110-98)85(79)129-55(5)115)141-80-68(50-124-44-62-37-25-14-26-38-62)135-91(73(103-109-97)86(80)130-56(6)116)139-78-66(48-122-42-60-33-21-12-22-34-60)133-89(71(101-107-95)84(78)128-54(4)114)137-76-64(46-120-40-58-29-17-10-18-30-58)131-87(118-8)69(99-105-93)82(76)126-52(2)112/h9-38,63-92H,39-50H2,1-8H3/t63-,64-,65-,66-,67-,68-,69-,70-,71-,72-,73-,74-,75+,76+,77+,78+,79+,80+,81-,82-,83-,84-,85-,86-,87+,88+,89-,90-,91-,92-/m1/s1. The smallest absolute Gasteiger partial charge is 0.303 e. The van der Waals surface area contributed by atoms with E-state index in [1.54, 1.807) is 152 Å². The Labute approximate surface area is 807 Å². The lowest BCUT2D eigenvalue weighted by Gasteiger charge is -2.51. The van der Waals surface area contributed by atoms with E-state index in [4.69, 9.17) is 118 Å². The van der Waals surface area contributed by atoms with Crippen molar-refractivity contribution in [1.29, 1.82) is 0 Å². The maximum absolute atomic E-state index is 14.2. The van der Waals surface area contributed by atoms with Crippen LogP contribution < -0.4 is 0 Å². The van der Waals surface area contributed by atoms with E-state index in [2.05, 4.69) is 60.2 Å². The molecule has 6 fully saturated rings. The van der Waals surface area contributed by atoms with E-state index in [9.17, 15) is 62.0 Å². The summed E-state index contributed by atoms with van der Waals surface area (Å²) in [5, 5.41) is 24.5. The number of benzene rings is 6. The number of methoxy groups -OCH3 is 2. The van der Waals surface area contributed by atoms with Gasteiger partial charge in [-0.2, -0.15) is 0 Å². The van der Waals surface area contributed by atoms with Crippen molar-refractivity contribution in [3.63, 3.8) is 0 Å². The quantitative estimate of drug-likeness (QED) is 0.0113. The van der Waals surface area contributed by atoms with Crippen LogP contribution in [0.5, 0.6) is 0 Å². The first-order chi connectivity index (χ1) is 68.5. The molecule has 49 heteroatoms. The number of carbonyl (C=O) groups is 6. The van der Waals surface area contributed by atoms with Crippen LogP contribution in [0.2, 0.25) is 0 Å². The zero-order chi connectivity index (χ0) is 100. The van der Waals surface area contributed by atoms with E-state index in [0.29, 0.717) is 22.3 Å². The van der Waals surface area contributed by atoms with Crippen LogP contribution in [0, 0.1) is 0 Å². The molecular weight excluding hydrogens is 1850 g/mol. The van der Waals surface area contributed by atoms with Gasteiger partial charge in [-0.15, -0.1) is 0 Å². The van der Waals surface area contributed by atoms with Gasteiger partial charge in [-0.05, 0) is 66.6 Å². The minimum Gasteiger partial charge on any atom is -0.459 e. The Bertz CT molecular complexity index is 5220. The van der Waals surface area contributed by atoms with Crippen molar-refractivity contribution < 1.29 is 147 Å². The van der Waals surface area contributed by atoms with Crippen LogP contribution in [0.3, 0.4) is 0 Å². The van der Waals surface area contributed by atoms with Crippen LogP contribution in [0.25, 0.3) is 62.7 Å². The van der Waals surface area contributed by atoms with Crippen molar-refractivity contribution in [1.82, 2.24) is 0 Å². The summed E-state index contributed by atoms with van der Waals surface area (Å²) in [5.41, 5.74) is 67.7. The van der Waals surface area contributed by atoms with E-state index in [1.165, 1.54) is 14.2 Å². The van der Waals surface area contributed by atoms with E-state index in [0.717, 1.165) is 52.7 Å². The van der Waals surface area contributed by atoms with Crippen LogP contribution in [-0.2, 0) is 187 Å². The maximum Gasteiger partial charge on any atom is 0.303 e. The molecule has 0 amide bonds. The van der Waals surface area contributed by atoms with Gasteiger partial charge in [0.2, 0.25) is 0 Å². The molecule has 752 valence electrons. The summed E-state index contributed by atoms with van der Waals surface area (Å²) >= 11 is 0. The Hall–Kier alpha value is -12.8. The zero-order valence-corrected chi connectivity index (χ0v) is 77.8. The molecule has 12 rings (SSSR count). The fraction of sp³-hybridized carbons (Fsp3) is 0.543. The van der Waals surface area contributed by atoms with Gasteiger partial charge in [0.1, 0.15) is 146 Å². The Balaban J connectivity index is 0.937. The molecular formula is C92H108N18O31. The Kier molecular flexibility index (Phi) is 41.7. The van der Waals surface area contributed by atoms with Gasteiger partial charge < -0.3 is 118 Å². The van der Waals surface area contributed by atoms with Crippen LogP contribution in [0.1, 0.15) is 74.9 Å². The lowest BCUT2D eigenvalue weighted by Crippen LogP contribution is -2.68. The first-order valence-electron chi connectivity index (χ1n) is 44.8. The van der Waals surface area contributed by atoms with Gasteiger partial charge >= 0.3 is 35.8 Å². The first kappa shape index (κ1) is 107. The van der Waals surface area contributed by atoms with Gasteiger partial charge in [-0.1, -0.05) is 213 Å². The molecule has 0 radical (unpaired) electrons. The Morgan fingerprint density at radius 3 is 0.546 bits per heavy atom. The summed E-state index contributed by atoms with van der Waals surface area (Å²) in [6, 6.07) is 42.1. The third kappa shape index (κ3) is 30.2. The number of rotatable bonds is 48. The maximum atomic E-state index is 14.2. The van der Waals surface area contributed by atoms with Gasteiger partial charge in [-0.3, -0.25) is 28.8 Å². The minimum atomic E-state index is -2.12. The summed E-state index contributed by atoms with van der Waals surface area (Å²) < 4.78 is 162. The number of hydrogen-bond acceptors (Lipinski definition) is 37. The third-order valence-corrected chi connectivity index (χ3v) is 22.9. The van der Waals surface area contributed by atoms with E-state index in [-0.39, 0.29) is 52.9 Å². The van der Waals surface area contributed by atoms with Gasteiger partial charge in [-0.25, -0.2) is 0 Å². The Morgan fingerprint density at radius 2 is 0.390 bits per heavy atom. The highest BCUT2D eigenvalue weighted by molar-refractivity contribution is 5.68. The lowest BCUT2D eigenvalue weighted by atomic mass is 9.93. The zero-order valence-electron chi connectivity index (χ0n) is 77.8. The van der Waals surface area contributed by atoms with E-state index in [1.807, 2.05) is 30.3 Å². The van der Waals surface area contributed by atoms with Crippen molar-refractivity contribution in [2.45, 2.75) is 265 Å². The predicted octanol–water partition coefficient (Wildman–Crippen LogP) is 11.9. The lowest BCUT2D eigenvalue weighted by molar-refractivity contribution is -0.369. The Morgan fingerprint density at radius 1 is 0.234 bits per heavy atom. The second kappa shape index (κ2) is 54.9. The fourth-order valence-electron chi connectivity index (χ4n) is 17.0. The van der Waals surface area contributed by atoms with Gasteiger partial charge in [0.05, 0.1) is 79.3 Å². The molecule has 0 N–H and O–H groups in total. The fourth-order valence-corrected chi connectivity index (χ4v) is 17.0. The SMILES string of the molecule is CO[C@H]1O[C@H](COCc2ccccc2)[C@H](O[C@H]2O[C@H](COCc3ccccc3)[C@H](O[C@H]3O[C@H](COCc4ccccc4)[C@H](O[C@H]4O[C@H](COCc5ccccc5)[C@H](O[C@H]5O[C@H](COCc6ccccc6)[C@H](O[C@@H]6O[C@H](COCc7ccccc7)[C@H](OC)[C@H](OC(C)=O)[C@H]6N=[N+]=[N-])[C@H](OC(C)=O)[C@H]5N=[N+]=[N-])[C@H](OC(C)=O)[C@H]4N=[N+]=[N-])[C@H](OC(C)=O)[C@H]3N=[N+]=[N-])[C@H](OC(C)=O)[C@H]2N=[N+]=[N-])[C@H](OC(C)=O)[C@H]1N=[N+]=[N-]. The molecule has 30 atom stereocenters. The van der Waals surface area contributed by atoms with E-state index < -0.39 is 246 Å². The second-order valence-electron chi connectivity index (χ2n) is 32.8. The van der Waals surface area contributed by atoms with Gasteiger partial charge in [0.25, 0.3) is 0 Å². The second-order valence-corrected chi connectivity index (χ2v) is 32.8. The van der Waals surface area contributed by atoms with Crippen molar-refractivity contribution in [2.75, 3.05) is 53.9 Å². The molecule has 0 unspecified atom stereocenters. The van der Waals surface area contributed by atoms with Crippen LogP contribution >= 0.6 is 0 Å². The first-order valence-corrected chi connectivity index (χ1v) is 44.8. The molecule has 6 aliphatic heterocycles. The number of carbonyl (C=O) groups excluding carboxylic acids is 6. The molecule has 0 bridgehead atoms.